The Morgan fingerprint density at radius 1 is 1.33 bits per heavy atom. The zero-order valence-electron chi connectivity index (χ0n) is 10.9. The molecule has 0 heterocycles. The number of benzene rings is 1. The molecule has 2 nitrogen and oxygen atoms in total. The van der Waals surface area contributed by atoms with Crippen LogP contribution in [0.15, 0.2) is 23.2 Å². The van der Waals surface area contributed by atoms with Crippen LogP contribution in [0.2, 0.25) is 0 Å². The third kappa shape index (κ3) is 2.23. The summed E-state index contributed by atoms with van der Waals surface area (Å²) in [5, 5.41) is 0. The Bertz CT molecular complexity index is 483. The van der Waals surface area contributed by atoms with Gasteiger partial charge in [0, 0.05) is 0 Å². The van der Waals surface area contributed by atoms with Crippen LogP contribution in [0.4, 0.5) is 4.39 Å². The van der Waals surface area contributed by atoms with Crippen molar-refractivity contribution in [2.75, 3.05) is 0 Å². The van der Waals surface area contributed by atoms with Crippen molar-refractivity contribution >= 4 is 6.08 Å². The summed E-state index contributed by atoms with van der Waals surface area (Å²) in [6, 6.07) is 5.12. The molecule has 18 heavy (non-hydrogen) atoms. The van der Waals surface area contributed by atoms with Gasteiger partial charge in [-0.3, -0.25) is 0 Å². The number of hydrogen-bond donors (Lipinski definition) is 0. The second-order valence-electron chi connectivity index (χ2n) is 5.33. The number of isocyanates is 1. The average Bonchev–Trinajstić information content (AvgIpc) is 2.79. The maximum absolute atomic E-state index is 13.7. The van der Waals surface area contributed by atoms with E-state index in [2.05, 4.69) is 4.99 Å². The predicted octanol–water partition coefficient (Wildman–Crippen LogP) is 4.05. The fourth-order valence-corrected chi connectivity index (χ4v) is 2.79. The Balaban J connectivity index is 2.49. The number of halogens is 1. The van der Waals surface area contributed by atoms with Crippen LogP contribution in [0.1, 0.15) is 56.6 Å². The second-order valence-corrected chi connectivity index (χ2v) is 5.33. The summed E-state index contributed by atoms with van der Waals surface area (Å²) in [5.74, 6) is -0.0550. The smallest absolute Gasteiger partial charge is 0.211 e. The number of rotatable bonds is 3. The van der Waals surface area contributed by atoms with Crippen LogP contribution in [-0.4, -0.2) is 6.08 Å². The van der Waals surface area contributed by atoms with Crippen LogP contribution in [0, 0.1) is 5.82 Å². The molecular formula is C15H18FNO. The van der Waals surface area contributed by atoms with Gasteiger partial charge in [0.2, 0.25) is 6.08 Å². The molecule has 1 aromatic carbocycles. The van der Waals surface area contributed by atoms with E-state index in [0.29, 0.717) is 5.56 Å². The van der Waals surface area contributed by atoms with Crippen LogP contribution in [0.25, 0.3) is 0 Å². The minimum Gasteiger partial charge on any atom is -0.211 e. The van der Waals surface area contributed by atoms with Gasteiger partial charge in [-0.15, -0.1) is 0 Å². The SMILES string of the molecule is CC(C)c1cc(C2(N=C=O)CCCC2)ccc1F. The van der Waals surface area contributed by atoms with Crippen LogP contribution in [-0.2, 0) is 10.3 Å². The van der Waals surface area contributed by atoms with Crippen molar-refractivity contribution in [1.29, 1.82) is 0 Å². The van der Waals surface area contributed by atoms with Crippen molar-refractivity contribution < 1.29 is 9.18 Å². The molecule has 1 fully saturated rings. The highest BCUT2D eigenvalue weighted by atomic mass is 19.1. The van der Waals surface area contributed by atoms with Gasteiger partial charge < -0.3 is 0 Å². The molecule has 1 aliphatic carbocycles. The summed E-state index contributed by atoms with van der Waals surface area (Å²) in [7, 11) is 0. The average molecular weight is 247 g/mol. The molecule has 96 valence electrons. The number of hydrogen-bond acceptors (Lipinski definition) is 2. The molecule has 3 heteroatoms. The van der Waals surface area contributed by atoms with Crippen molar-refractivity contribution in [3.63, 3.8) is 0 Å². The van der Waals surface area contributed by atoms with E-state index in [9.17, 15) is 9.18 Å². The summed E-state index contributed by atoms with van der Waals surface area (Å²) in [4.78, 5) is 14.7. The maximum Gasteiger partial charge on any atom is 0.235 e. The van der Waals surface area contributed by atoms with Gasteiger partial charge >= 0.3 is 0 Å². The normalized spacial score (nSPS) is 17.8. The second kappa shape index (κ2) is 5.03. The Kier molecular flexibility index (Phi) is 3.63. The lowest BCUT2D eigenvalue weighted by molar-refractivity contribution is 0.453. The molecule has 0 aliphatic heterocycles. The van der Waals surface area contributed by atoms with Crippen LogP contribution in [0.3, 0.4) is 0 Å². The molecule has 2 rings (SSSR count). The predicted molar refractivity (Wildman–Crippen MR) is 68.8 cm³/mol. The van der Waals surface area contributed by atoms with E-state index in [1.54, 1.807) is 12.1 Å². The molecule has 0 aromatic heterocycles. The topological polar surface area (TPSA) is 29.4 Å². The van der Waals surface area contributed by atoms with Crippen molar-refractivity contribution in [2.24, 2.45) is 4.99 Å². The molecule has 1 aromatic rings. The van der Waals surface area contributed by atoms with E-state index in [0.717, 1.165) is 31.2 Å². The van der Waals surface area contributed by atoms with Gasteiger partial charge in [0.05, 0.1) is 5.54 Å². The minimum absolute atomic E-state index is 0.128. The summed E-state index contributed by atoms with van der Waals surface area (Å²) >= 11 is 0. The largest absolute Gasteiger partial charge is 0.235 e. The lowest BCUT2D eigenvalue weighted by Crippen LogP contribution is -2.19. The van der Waals surface area contributed by atoms with Gasteiger partial charge in [0.25, 0.3) is 0 Å². The third-order valence-electron chi connectivity index (χ3n) is 3.85. The van der Waals surface area contributed by atoms with Crippen LogP contribution < -0.4 is 0 Å². The molecular weight excluding hydrogens is 229 g/mol. The standard InChI is InChI=1S/C15H18FNO/c1-11(2)13-9-12(5-6-14(13)16)15(17-10-18)7-3-4-8-15/h5-6,9,11H,3-4,7-8H2,1-2H3. The van der Waals surface area contributed by atoms with Gasteiger partial charge in [-0.1, -0.05) is 38.8 Å². The number of aliphatic imine (C=N–C) groups is 1. The molecule has 0 atom stereocenters. The highest BCUT2D eigenvalue weighted by Crippen LogP contribution is 2.42. The summed E-state index contributed by atoms with van der Waals surface area (Å²) in [6.45, 7) is 3.93. The minimum atomic E-state index is -0.459. The van der Waals surface area contributed by atoms with Crippen molar-refractivity contribution in [3.05, 3.63) is 35.1 Å². The first-order valence-electron chi connectivity index (χ1n) is 6.48. The van der Waals surface area contributed by atoms with Gasteiger partial charge in [0.15, 0.2) is 0 Å². The Morgan fingerprint density at radius 3 is 2.56 bits per heavy atom. The van der Waals surface area contributed by atoms with E-state index in [4.69, 9.17) is 0 Å². The summed E-state index contributed by atoms with van der Waals surface area (Å²) in [6.07, 6.45) is 5.51. The van der Waals surface area contributed by atoms with Gasteiger partial charge in [0.1, 0.15) is 5.82 Å². The summed E-state index contributed by atoms with van der Waals surface area (Å²) in [5.41, 5.74) is 1.19. The lowest BCUT2D eigenvalue weighted by Gasteiger charge is -2.24. The molecule has 0 saturated heterocycles. The van der Waals surface area contributed by atoms with Crippen molar-refractivity contribution in [1.82, 2.24) is 0 Å². The van der Waals surface area contributed by atoms with Crippen LogP contribution >= 0.6 is 0 Å². The third-order valence-corrected chi connectivity index (χ3v) is 3.85. The Hall–Kier alpha value is -1.47. The molecule has 0 radical (unpaired) electrons. The van der Waals surface area contributed by atoms with Gasteiger partial charge in [-0.05, 0) is 36.0 Å². The Morgan fingerprint density at radius 2 is 2.00 bits per heavy atom. The first-order chi connectivity index (χ1) is 8.59. The first-order valence-corrected chi connectivity index (χ1v) is 6.48. The van der Waals surface area contributed by atoms with Crippen molar-refractivity contribution in [2.45, 2.75) is 51.0 Å². The maximum atomic E-state index is 13.7. The highest BCUT2D eigenvalue weighted by molar-refractivity contribution is 5.40. The number of carbonyl (C=O) groups excluding carboxylic acids is 1. The monoisotopic (exact) mass is 247 g/mol. The van der Waals surface area contributed by atoms with E-state index in [1.807, 2.05) is 19.9 Å². The van der Waals surface area contributed by atoms with E-state index < -0.39 is 5.54 Å². The fraction of sp³-hybridized carbons (Fsp3) is 0.533. The Labute approximate surface area is 107 Å². The van der Waals surface area contributed by atoms with Gasteiger partial charge in [-0.2, -0.15) is 4.99 Å². The van der Waals surface area contributed by atoms with E-state index >= 15 is 0 Å². The van der Waals surface area contributed by atoms with Gasteiger partial charge in [-0.25, -0.2) is 9.18 Å². The molecule has 0 unspecified atom stereocenters. The fourth-order valence-electron chi connectivity index (χ4n) is 2.79. The molecule has 0 amide bonds. The molecule has 1 saturated carbocycles. The first kappa shape index (κ1) is 13.0. The summed E-state index contributed by atoms with van der Waals surface area (Å²) < 4.78 is 13.7. The van der Waals surface area contributed by atoms with E-state index in [1.165, 1.54) is 6.07 Å². The number of nitrogens with zero attached hydrogens (tertiary/aromatic N) is 1. The molecule has 1 aliphatic rings. The zero-order chi connectivity index (χ0) is 13.2. The molecule has 0 spiro atoms. The van der Waals surface area contributed by atoms with Crippen LogP contribution in [0.5, 0.6) is 0 Å². The quantitative estimate of drug-likeness (QED) is 0.585. The van der Waals surface area contributed by atoms with E-state index in [-0.39, 0.29) is 11.7 Å². The zero-order valence-corrected chi connectivity index (χ0v) is 10.9. The van der Waals surface area contributed by atoms with Crippen molar-refractivity contribution in [3.8, 4) is 0 Å². The molecule has 0 N–H and O–H groups in total. The molecule has 0 bridgehead atoms. The highest BCUT2D eigenvalue weighted by Gasteiger charge is 2.36. The lowest BCUT2D eigenvalue weighted by atomic mass is 9.86.